The van der Waals surface area contributed by atoms with Gasteiger partial charge < -0.3 is 19.7 Å². The molecule has 2 saturated heterocycles. The van der Waals surface area contributed by atoms with Crippen molar-refractivity contribution in [2.75, 3.05) is 14.2 Å². The van der Waals surface area contributed by atoms with Gasteiger partial charge in [0.2, 0.25) is 5.91 Å². The van der Waals surface area contributed by atoms with E-state index in [1.165, 1.54) is 6.07 Å². The lowest BCUT2D eigenvalue weighted by Crippen LogP contribution is -2.54. The van der Waals surface area contributed by atoms with Crippen LogP contribution in [0.5, 0.6) is 0 Å². The highest BCUT2D eigenvalue weighted by atomic mass is 16.5. The van der Waals surface area contributed by atoms with Gasteiger partial charge in [-0.15, -0.1) is 0 Å². The first-order chi connectivity index (χ1) is 13.2. The van der Waals surface area contributed by atoms with Gasteiger partial charge in [-0.1, -0.05) is 6.08 Å². The van der Waals surface area contributed by atoms with Crippen LogP contribution >= 0.6 is 0 Å². The van der Waals surface area contributed by atoms with E-state index in [-0.39, 0.29) is 0 Å². The predicted molar refractivity (Wildman–Crippen MR) is 80.7 cm³/mol. The molecule has 0 N–H and O–H groups in total. The quantitative estimate of drug-likeness (QED) is 0.157. The molecule has 146 valence electrons. The molecule has 0 bridgehead atoms. The second-order valence-electron chi connectivity index (χ2n) is 5.54. The van der Waals surface area contributed by atoms with Crippen molar-refractivity contribution in [1.29, 1.82) is 5.26 Å². The average Bonchev–Trinajstić information content (AvgIpc) is 3.09. The number of nitrogens with zero attached hydrogens (tertiary/aromatic N) is 4. The zero-order valence-electron chi connectivity index (χ0n) is 14.5. The summed E-state index contributed by atoms with van der Waals surface area (Å²) in [6, 6.07) is 1.47. The molecule has 4 atom stereocenters. The first-order valence-electron chi connectivity index (χ1n) is 7.59. The van der Waals surface area contributed by atoms with Crippen molar-refractivity contribution < 1.29 is 38.9 Å². The maximum atomic E-state index is 12.5. The Balaban J connectivity index is 2.38. The van der Waals surface area contributed by atoms with Crippen molar-refractivity contribution in [3.63, 3.8) is 0 Å². The van der Waals surface area contributed by atoms with Crippen LogP contribution in [0.2, 0.25) is 0 Å². The van der Waals surface area contributed by atoms with Crippen molar-refractivity contribution in [3.8, 4) is 6.07 Å². The minimum absolute atomic E-state index is 0.322. The van der Waals surface area contributed by atoms with Crippen molar-refractivity contribution in [3.05, 3.63) is 34.8 Å². The molecular formula is C16H12N4O8-2. The van der Waals surface area contributed by atoms with Gasteiger partial charge in [-0.05, 0) is 18.5 Å². The molecule has 2 rings (SSSR count). The van der Waals surface area contributed by atoms with Crippen LogP contribution in [0.4, 0.5) is 0 Å². The molecule has 0 radical (unpaired) electrons. The lowest BCUT2D eigenvalue weighted by molar-refractivity contribution is -0.533. The molecule has 0 aromatic heterocycles. The minimum atomic E-state index is -2.10. The van der Waals surface area contributed by atoms with Gasteiger partial charge in [0.05, 0.1) is 32.6 Å². The fraction of sp³-hybridized carbons (Fsp3) is 0.375. The van der Waals surface area contributed by atoms with Gasteiger partial charge in [-0.2, -0.15) is 5.26 Å². The summed E-state index contributed by atoms with van der Waals surface area (Å²) < 4.78 is 8.70. The monoisotopic (exact) mass is 388 g/mol. The Morgan fingerprint density at radius 2 is 1.61 bits per heavy atom. The number of nitriles is 1. The van der Waals surface area contributed by atoms with E-state index in [0.717, 1.165) is 26.4 Å². The molecule has 2 amide bonds. The highest BCUT2D eigenvalue weighted by Crippen LogP contribution is 2.35. The van der Waals surface area contributed by atoms with Crippen molar-refractivity contribution in [2.24, 2.45) is 11.8 Å². The van der Waals surface area contributed by atoms with Crippen LogP contribution in [-0.2, 0) is 28.7 Å². The predicted octanol–water partition coefficient (Wildman–Crippen LogP) is -3.21. The Kier molecular flexibility index (Phi) is 5.90. The van der Waals surface area contributed by atoms with E-state index < -0.39 is 59.3 Å². The number of hydrazine groups is 1. The SMILES string of the molecule is [C-]#[N+]/C(=C\C1C(=O)N2C(=O)C(/C=C(\C#N)C(=O)OC)C([O-])N2C1[O-])C(=O)OC. The summed E-state index contributed by atoms with van der Waals surface area (Å²) in [4.78, 5) is 50.7. The molecule has 2 heterocycles. The Labute approximate surface area is 158 Å². The lowest BCUT2D eigenvalue weighted by atomic mass is 10.0. The summed E-state index contributed by atoms with van der Waals surface area (Å²) in [5, 5.41) is 34.7. The largest absolute Gasteiger partial charge is 0.838 e. The second kappa shape index (κ2) is 7.98. The van der Waals surface area contributed by atoms with Crippen molar-refractivity contribution in [1.82, 2.24) is 10.0 Å². The van der Waals surface area contributed by atoms with Gasteiger partial charge in [-0.3, -0.25) is 14.4 Å². The molecule has 0 aromatic rings. The number of esters is 2. The number of hydrogen-bond acceptors (Lipinski definition) is 10. The maximum Gasteiger partial charge on any atom is 0.348 e. The third-order valence-corrected chi connectivity index (χ3v) is 4.08. The Morgan fingerprint density at radius 3 is 2.00 bits per heavy atom. The van der Waals surface area contributed by atoms with Gasteiger partial charge in [0.1, 0.15) is 11.6 Å². The summed E-state index contributed by atoms with van der Waals surface area (Å²) in [5.74, 6) is -7.69. The van der Waals surface area contributed by atoms with Gasteiger partial charge in [0.25, 0.3) is 11.6 Å². The molecule has 28 heavy (non-hydrogen) atoms. The molecule has 2 aliphatic heterocycles. The smallest absolute Gasteiger partial charge is 0.348 e. The number of rotatable bonds is 4. The summed E-state index contributed by atoms with van der Waals surface area (Å²) in [6.45, 7) is 6.92. The minimum Gasteiger partial charge on any atom is -0.838 e. The Morgan fingerprint density at radius 1 is 1.11 bits per heavy atom. The van der Waals surface area contributed by atoms with Crippen LogP contribution in [0, 0.1) is 29.7 Å². The molecule has 0 saturated carbocycles. The van der Waals surface area contributed by atoms with Crippen LogP contribution in [0.25, 0.3) is 4.85 Å². The van der Waals surface area contributed by atoms with Gasteiger partial charge >= 0.3 is 11.9 Å². The second-order valence-corrected chi connectivity index (χ2v) is 5.54. The Bertz CT molecular complexity index is 810. The third kappa shape index (κ3) is 3.23. The number of ether oxygens (including phenoxy) is 2. The van der Waals surface area contributed by atoms with Crippen LogP contribution in [0.1, 0.15) is 0 Å². The maximum absolute atomic E-state index is 12.5. The molecular weight excluding hydrogens is 376 g/mol. The van der Waals surface area contributed by atoms with E-state index in [2.05, 4.69) is 14.3 Å². The van der Waals surface area contributed by atoms with E-state index in [9.17, 15) is 29.4 Å². The van der Waals surface area contributed by atoms with Gasteiger partial charge in [-0.25, -0.2) is 19.7 Å². The third-order valence-electron chi connectivity index (χ3n) is 4.08. The Hall–Kier alpha value is -3.58. The number of fused-ring (bicyclic) bond motifs is 1. The number of methoxy groups -OCH3 is 2. The highest BCUT2D eigenvalue weighted by Gasteiger charge is 2.52. The average molecular weight is 388 g/mol. The van der Waals surface area contributed by atoms with Crippen LogP contribution in [0.3, 0.4) is 0 Å². The molecule has 0 aromatic carbocycles. The van der Waals surface area contributed by atoms with Gasteiger partial charge in [0, 0.05) is 0 Å². The molecule has 2 fully saturated rings. The van der Waals surface area contributed by atoms with E-state index in [4.69, 9.17) is 11.8 Å². The van der Waals surface area contributed by atoms with E-state index in [1.807, 2.05) is 0 Å². The van der Waals surface area contributed by atoms with Crippen LogP contribution in [0.15, 0.2) is 23.4 Å². The van der Waals surface area contributed by atoms with E-state index >= 15 is 0 Å². The summed E-state index contributed by atoms with van der Waals surface area (Å²) in [7, 11) is 1.99. The van der Waals surface area contributed by atoms with E-state index in [1.54, 1.807) is 0 Å². The van der Waals surface area contributed by atoms with Crippen molar-refractivity contribution >= 4 is 23.8 Å². The van der Waals surface area contributed by atoms with Gasteiger partial charge in [0.15, 0.2) is 0 Å². The fourth-order valence-corrected chi connectivity index (χ4v) is 2.74. The molecule has 4 unspecified atom stereocenters. The standard InChI is InChI=1S/C16H12N4O8/c1-18-10(16(26)28-3)5-9-13(23)19-11(21)8(12(22)20(19)14(9)24)4-7(6-17)15(25)27-2/h4-5,8-9,11,13H,2-3H3/q-2/b7-4+,10-5-. The first-order valence-corrected chi connectivity index (χ1v) is 7.59. The lowest BCUT2D eigenvalue weighted by Gasteiger charge is -2.38. The molecule has 2 aliphatic rings. The van der Waals surface area contributed by atoms with Crippen LogP contribution < -0.4 is 10.2 Å². The number of carbonyl (C=O) groups excluding carboxylic acids is 4. The summed E-state index contributed by atoms with van der Waals surface area (Å²) in [5.41, 5.74) is -1.27. The molecule has 0 aliphatic carbocycles. The topological polar surface area (TPSA) is 167 Å². The van der Waals surface area contributed by atoms with Crippen LogP contribution in [-0.4, -0.2) is 60.4 Å². The zero-order chi connectivity index (χ0) is 21.2. The summed E-state index contributed by atoms with van der Waals surface area (Å²) >= 11 is 0. The number of imide groups is 1. The number of amides is 2. The number of carbonyl (C=O) groups is 4. The summed E-state index contributed by atoms with van der Waals surface area (Å²) in [6.07, 6.45) is -2.70. The number of hydrogen-bond donors (Lipinski definition) is 0. The molecule has 12 nitrogen and oxygen atoms in total. The van der Waals surface area contributed by atoms with Crippen molar-refractivity contribution in [2.45, 2.75) is 12.5 Å². The normalized spacial score (nSPS) is 27.9. The first kappa shape index (κ1) is 20.7. The highest BCUT2D eigenvalue weighted by molar-refractivity contribution is 6.03. The zero-order valence-corrected chi connectivity index (χ0v) is 14.5. The van der Waals surface area contributed by atoms with E-state index in [0.29, 0.717) is 10.0 Å². The molecule has 0 spiro atoms. The fourth-order valence-electron chi connectivity index (χ4n) is 2.74. The molecule has 12 heteroatoms.